The number of imidazole rings is 1. The van der Waals surface area contributed by atoms with E-state index >= 15 is 0 Å². The minimum Gasteiger partial charge on any atom is -0.312 e. The number of alkyl halides is 1. The van der Waals surface area contributed by atoms with Gasteiger partial charge in [0, 0.05) is 13.1 Å². The zero-order valence-corrected chi connectivity index (χ0v) is 14.3. The van der Waals surface area contributed by atoms with Gasteiger partial charge in [-0.25, -0.2) is 9.67 Å². The normalized spacial score (nSPS) is 11.9. The van der Waals surface area contributed by atoms with E-state index in [1.54, 1.807) is 0 Å². The van der Waals surface area contributed by atoms with Gasteiger partial charge in [0.05, 0.1) is 11.6 Å². The van der Waals surface area contributed by atoms with Gasteiger partial charge in [-0.1, -0.05) is 13.8 Å². The van der Waals surface area contributed by atoms with E-state index in [9.17, 15) is 0 Å². The number of nitrogens with zero attached hydrogens (tertiary/aromatic N) is 5. The molecule has 0 radical (unpaired) electrons. The predicted molar refractivity (Wildman–Crippen MR) is 87.9 cm³/mol. The summed E-state index contributed by atoms with van der Waals surface area (Å²) in [6, 6.07) is 0. The molecule has 0 saturated carbocycles. The van der Waals surface area contributed by atoms with Crippen LogP contribution < -0.4 is 0 Å². The average molecular weight is 312 g/mol. The SMILES string of the molecule is CCN(CC)CCCn1c(CCl)nc2c(C)nn(CC)c21. The van der Waals surface area contributed by atoms with Gasteiger partial charge in [-0.2, -0.15) is 5.10 Å². The zero-order valence-electron chi connectivity index (χ0n) is 13.6. The lowest BCUT2D eigenvalue weighted by atomic mass is 10.3. The number of halogens is 1. The molecule has 0 unspecified atom stereocenters. The van der Waals surface area contributed by atoms with Crippen LogP contribution in [0.25, 0.3) is 11.2 Å². The van der Waals surface area contributed by atoms with Gasteiger partial charge in [-0.15, -0.1) is 11.6 Å². The quantitative estimate of drug-likeness (QED) is 0.703. The molecule has 0 aliphatic rings. The first-order valence-corrected chi connectivity index (χ1v) is 8.40. The number of fused-ring (bicyclic) bond motifs is 1. The van der Waals surface area contributed by atoms with Crippen molar-refractivity contribution in [3.05, 3.63) is 11.5 Å². The highest BCUT2D eigenvalue weighted by Crippen LogP contribution is 2.21. The van der Waals surface area contributed by atoms with Crippen molar-refractivity contribution in [3.8, 4) is 0 Å². The summed E-state index contributed by atoms with van der Waals surface area (Å²) in [5.41, 5.74) is 3.10. The molecule has 0 aliphatic heterocycles. The van der Waals surface area contributed by atoms with Crippen molar-refractivity contribution >= 4 is 22.8 Å². The van der Waals surface area contributed by atoms with Crippen molar-refractivity contribution in [2.45, 2.75) is 53.1 Å². The molecule has 0 amide bonds. The largest absolute Gasteiger partial charge is 0.312 e. The molecular formula is C15H26ClN5. The minimum absolute atomic E-state index is 0.448. The third-order valence-corrected chi connectivity index (χ3v) is 4.29. The lowest BCUT2D eigenvalue weighted by molar-refractivity contribution is 0.293. The Hall–Kier alpha value is -1.07. The Morgan fingerprint density at radius 2 is 1.90 bits per heavy atom. The molecular weight excluding hydrogens is 286 g/mol. The number of aryl methyl sites for hydroxylation is 3. The molecule has 0 fully saturated rings. The van der Waals surface area contributed by atoms with Gasteiger partial charge in [-0.05, 0) is 39.9 Å². The van der Waals surface area contributed by atoms with Crippen LogP contribution in [-0.4, -0.2) is 43.9 Å². The maximum Gasteiger partial charge on any atom is 0.158 e. The molecule has 2 rings (SSSR count). The Balaban J connectivity index is 2.24. The van der Waals surface area contributed by atoms with E-state index in [1.807, 2.05) is 11.6 Å². The Morgan fingerprint density at radius 3 is 2.48 bits per heavy atom. The predicted octanol–water partition coefficient (Wildman–Crippen LogP) is 3.03. The highest BCUT2D eigenvalue weighted by atomic mass is 35.5. The monoisotopic (exact) mass is 311 g/mol. The number of aromatic nitrogens is 4. The standard InChI is InChI=1S/C15H26ClN5/c1-5-19(6-2)9-8-10-20-13(11-16)17-14-12(4)18-21(7-3)15(14)20/h5-11H2,1-4H3. The van der Waals surface area contributed by atoms with E-state index in [0.29, 0.717) is 5.88 Å². The van der Waals surface area contributed by atoms with Crippen molar-refractivity contribution < 1.29 is 0 Å². The Bertz CT molecular complexity index is 582. The molecule has 0 bridgehead atoms. The number of hydrogen-bond acceptors (Lipinski definition) is 3. The fourth-order valence-electron chi connectivity index (χ4n) is 2.82. The number of rotatable bonds is 8. The summed E-state index contributed by atoms with van der Waals surface area (Å²) >= 11 is 6.08. The minimum atomic E-state index is 0.448. The number of hydrogen-bond donors (Lipinski definition) is 0. The van der Waals surface area contributed by atoms with E-state index in [4.69, 9.17) is 11.6 Å². The van der Waals surface area contributed by atoms with E-state index < -0.39 is 0 Å². The first-order chi connectivity index (χ1) is 10.2. The molecule has 5 nitrogen and oxygen atoms in total. The average Bonchev–Trinajstić information content (AvgIpc) is 3.01. The summed E-state index contributed by atoms with van der Waals surface area (Å²) in [4.78, 5) is 7.11. The van der Waals surface area contributed by atoms with Crippen molar-refractivity contribution in [3.63, 3.8) is 0 Å². The topological polar surface area (TPSA) is 38.9 Å². The molecule has 2 aromatic rings. The lowest BCUT2D eigenvalue weighted by Crippen LogP contribution is -2.25. The second-order valence-corrected chi connectivity index (χ2v) is 5.53. The summed E-state index contributed by atoms with van der Waals surface area (Å²) in [6.07, 6.45) is 1.10. The highest BCUT2D eigenvalue weighted by molar-refractivity contribution is 6.16. The van der Waals surface area contributed by atoms with Crippen molar-refractivity contribution in [1.29, 1.82) is 0 Å². The van der Waals surface area contributed by atoms with Crippen LogP contribution >= 0.6 is 11.6 Å². The molecule has 0 spiro atoms. The Morgan fingerprint density at radius 1 is 1.19 bits per heavy atom. The van der Waals surface area contributed by atoms with Gasteiger partial charge in [0.1, 0.15) is 11.3 Å². The van der Waals surface area contributed by atoms with Crippen LogP contribution in [0.2, 0.25) is 0 Å². The van der Waals surface area contributed by atoms with Crippen LogP contribution in [0.15, 0.2) is 0 Å². The van der Waals surface area contributed by atoms with Crippen LogP contribution in [0.3, 0.4) is 0 Å². The summed E-state index contributed by atoms with van der Waals surface area (Å²) in [6.45, 7) is 13.6. The smallest absolute Gasteiger partial charge is 0.158 e. The van der Waals surface area contributed by atoms with E-state index in [0.717, 1.165) is 61.8 Å². The first kappa shape index (κ1) is 16.3. The third-order valence-electron chi connectivity index (χ3n) is 4.05. The molecule has 0 aliphatic carbocycles. The van der Waals surface area contributed by atoms with Gasteiger partial charge in [0.25, 0.3) is 0 Å². The maximum absolute atomic E-state index is 6.08. The molecule has 118 valence electrons. The Labute approximate surface area is 131 Å². The van der Waals surface area contributed by atoms with Gasteiger partial charge in [0.15, 0.2) is 5.65 Å². The molecule has 2 aromatic heterocycles. The van der Waals surface area contributed by atoms with Crippen molar-refractivity contribution in [1.82, 2.24) is 24.2 Å². The second-order valence-electron chi connectivity index (χ2n) is 5.27. The summed E-state index contributed by atoms with van der Waals surface area (Å²) < 4.78 is 4.28. The second kappa shape index (κ2) is 7.27. The first-order valence-electron chi connectivity index (χ1n) is 7.86. The zero-order chi connectivity index (χ0) is 15.4. The molecule has 2 heterocycles. The molecule has 0 atom stereocenters. The van der Waals surface area contributed by atoms with Crippen molar-refractivity contribution in [2.24, 2.45) is 0 Å². The fraction of sp³-hybridized carbons (Fsp3) is 0.733. The lowest BCUT2D eigenvalue weighted by Gasteiger charge is -2.18. The molecule has 0 saturated heterocycles. The molecule has 6 heteroatoms. The Kier molecular flexibility index (Phi) is 5.65. The van der Waals surface area contributed by atoms with Gasteiger partial charge in [-0.3, -0.25) is 0 Å². The van der Waals surface area contributed by atoms with Gasteiger partial charge >= 0.3 is 0 Å². The van der Waals surface area contributed by atoms with Gasteiger partial charge in [0.2, 0.25) is 0 Å². The van der Waals surface area contributed by atoms with Crippen LogP contribution in [0.4, 0.5) is 0 Å². The molecule has 0 aromatic carbocycles. The summed E-state index contributed by atoms with van der Waals surface area (Å²) in [5.74, 6) is 1.40. The third kappa shape index (κ3) is 3.24. The fourth-order valence-corrected chi connectivity index (χ4v) is 3.02. The van der Waals surface area contributed by atoms with Crippen LogP contribution in [-0.2, 0) is 19.0 Å². The molecule has 21 heavy (non-hydrogen) atoms. The van der Waals surface area contributed by atoms with Crippen LogP contribution in [0, 0.1) is 6.92 Å². The van der Waals surface area contributed by atoms with E-state index in [-0.39, 0.29) is 0 Å². The van der Waals surface area contributed by atoms with E-state index in [1.165, 1.54) is 0 Å². The van der Waals surface area contributed by atoms with Crippen LogP contribution in [0.1, 0.15) is 38.7 Å². The summed E-state index contributed by atoms with van der Waals surface area (Å²) in [7, 11) is 0. The van der Waals surface area contributed by atoms with Crippen LogP contribution in [0.5, 0.6) is 0 Å². The van der Waals surface area contributed by atoms with Crippen molar-refractivity contribution in [2.75, 3.05) is 19.6 Å². The van der Waals surface area contributed by atoms with E-state index in [2.05, 4.69) is 40.3 Å². The highest BCUT2D eigenvalue weighted by Gasteiger charge is 2.17. The molecule has 0 N–H and O–H groups in total. The maximum atomic E-state index is 6.08. The summed E-state index contributed by atoms with van der Waals surface area (Å²) in [5, 5.41) is 4.56. The van der Waals surface area contributed by atoms with Gasteiger partial charge < -0.3 is 9.47 Å².